The van der Waals surface area contributed by atoms with Crippen LogP contribution < -0.4 is 5.73 Å². The Bertz CT molecular complexity index is 413. The molecule has 0 aromatic heterocycles. The number of benzene rings is 1. The van der Waals surface area contributed by atoms with Gasteiger partial charge in [-0.05, 0) is 30.5 Å². The molecule has 0 aliphatic rings. The summed E-state index contributed by atoms with van der Waals surface area (Å²) in [7, 11) is 0. The van der Waals surface area contributed by atoms with Gasteiger partial charge < -0.3 is 15.9 Å². The summed E-state index contributed by atoms with van der Waals surface area (Å²) in [5.74, 6) is -0.771. The Kier molecular flexibility index (Phi) is 4.12. The fraction of sp³-hybridized carbons (Fsp3) is 0.462. The highest BCUT2D eigenvalue weighted by Gasteiger charge is 2.28. The summed E-state index contributed by atoms with van der Waals surface area (Å²) < 4.78 is 0. The average Bonchev–Trinajstić information content (AvgIpc) is 2.23. The number of aliphatic carboxylic acids is 1. The van der Waals surface area contributed by atoms with Crippen molar-refractivity contribution >= 4 is 5.97 Å². The zero-order valence-electron chi connectivity index (χ0n) is 10.2. The van der Waals surface area contributed by atoms with Gasteiger partial charge in [-0.3, -0.25) is 4.79 Å². The van der Waals surface area contributed by atoms with Crippen LogP contribution in [-0.2, 0) is 17.6 Å². The predicted molar refractivity (Wildman–Crippen MR) is 66.0 cm³/mol. The molecule has 0 aliphatic carbocycles. The van der Waals surface area contributed by atoms with E-state index in [2.05, 4.69) is 0 Å². The van der Waals surface area contributed by atoms with E-state index in [0.29, 0.717) is 0 Å². The largest absolute Gasteiger partial charge is 0.508 e. The molecule has 1 rings (SSSR count). The molecule has 4 heteroatoms. The van der Waals surface area contributed by atoms with Crippen LogP contribution in [-0.4, -0.2) is 21.7 Å². The van der Waals surface area contributed by atoms with Gasteiger partial charge in [0.15, 0.2) is 0 Å². The van der Waals surface area contributed by atoms with Gasteiger partial charge in [-0.1, -0.05) is 25.5 Å². The number of aryl methyl sites for hydroxylation is 1. The van der Waals surface area contributed by atoms with Crippen LogP contribution in [0, 0.1) is 0 Å². The SMILES string of the molecule is CCCc1cc(C[C@](C)(N)C(=O)O)ccc1O. The Morgan fingerprint density at radius 1 is 1.47 bits per heavy atom. The Hall–Kier alpha value is -1.55. The number of phenols is 1. The van der Waals surface area contributed by atoms with Crippen LogP contribution in [0.15, 0.2) is 18.2 Å². The van der Waals surface area contributed by atoms with Crippen LogP contribution in [0.4, 0.5) is 0 Å². The Morgan fingerprint density at radius 2 is 2.12 bits per heavy atom. The summed E-state index contributed by atoms with van der Waals surface area (Å²) in [4.78, 5) is 10.9. The van der Waals surface area contributed by atoms with Gasteiger partial charge in [-0.25, -0.2) is 0 Å². The van der Waals surface area contributed by atoms with E-state index in [1.807, 2.05) is 13.0 Å². The monoisotopic (exact) mass is 237 g/mol. The molecule has 0 saturated heterocycles. The van der Waals surface area contributed by atoms with Gasteiger partial charge >= 0.3 is 5.97 Å². The third-order valence-corrected chi connectivity index (χ3v) is 2.72. The van der Waals surface area contributed by atoms with Crippen molar-refractivity contribution in [2.45, 2.75) is 38.6 Å². The predicted octanol–water partition coefficient (Wildman–Crippen LogP) is 1.69. The molecule has 0 amide bonds. The lowest BCUT2D eigenvalue weighted by molar-refractivity contribution is -0.142. The van der Waals surface area contributed by atoms with Crippen LogP contribution in [0.5, 0.6) is 5.75 Å². The van der Waals surface area contributed by atoms with Gasteiger partial charge in [0.05, 0.1) is 0 Å². The van der Waals surface area contributed by atoms with Crippen molar-refractivity contribution in [3.63, 3.8) is 0 Å². The standard InChI is InChI=1S/C13H19NO3/c1-3-4-10-7-9(5-6-11(10)15)8-13(2,14)12(16)17/h5-7,15H,3-4,8,14H2,1-2H3,(H,16,17)/t13-/m0/s1. The summed E-state index contributed by atoms with van der Waals surface area (Å²) in [6.07, 6.45) is 1.95. The van der Waals surface area contributed by atoms with Crippen LogP contribution in [0.2, 0.25) is 0 Å². The number of hydrogen-bond acceptors (Lipinski definition) is 3. The fourth-order valence-electron chi connectivity index (χ4n) is 1.72. The molecular weight excluding hydrogens is 218 g/mol. The normalized spacial score (nSPS) is 14.3. The number of rotatable bonds is 5. The van der Waals surface area contributed by atoms with Crippen molar-refractivity contribution in [3.05, 3.63) is 29.3 Å². The molecule has 0 radical (unpaired) electrons. The summed E-state index contributed by atoms with van der Waals surface area (Å²) in [5, 5.41) is 18.6. The van der Waals surface area contributed by atoms with Crippen molar-refractivity contribution in [2.75, 3.05) is 0 Å². The molecule has 17 heavy (non-hydrogen) atoms. The molecule has 1 atom stereocenters. The highest BCUT2D eigenvalue weighted by molar-refractivity contribution is 5.78. The lowest BCUT2D eigenvalue weighted by Crippen LogP contribution is -2.46. The molecule has 1 aromatic carbocycles. The van der Waals surface area contributed by atoms with Crippen LogP contribution in [0.3, 0.4) is 0 Å². The number of nitrogens with two attached hydrogens (primary N) is 1. The second-order valence-electron chi connectivity index (χ2n) is 4.61. The molecular formula is C13H19NO3. The summed E-state index contributed by atoms with van der Waals surface area (Å²) in [6, 6.07) is 5.13. The van der Waals surface area contributed by atoms with Gasteiger partial charge in [0, 0.05) is 6.42 Å². The maximum Gasteiger partial charge on any atom is 0.323 e. The molecule has 0 spiro atoms. The maximum atomic E-state index is 10.9. The number of carboxylic acids is 1. The molecule has 0 aliphatic heterocycles. The van der Waals surface area contributed by atoms with E-state index in [9.17, 15) is 9.90 Å². The smallest absolute Gasteiger partial charge is 0.323 e. The first-order valence-electron chi connectivity index (χ1n) is 5.70. The average molecular weight is 237 g/mol. The lowest BCUT2D eigenvalue weighted by Gasteiger charge is -2.19. The minimum absolute atomic E-state index is 0.249. The molecule has 94 valence electrons. The van der Waals surface area contributed by atoms with E-state index in [1.54, 1.807) is 12.1 Å². The molecule has 4 N–H and O–H groups in total. The minimum atomic E-state index is -1.28. The van der Waals surface area contributed by atoms with E-state index in [-0.39, 0.29) is 12.2 Å². The third-order valence-electron chi connectivity index (χ3n) is 2.72. The zero-order valence-corrected chi connectivity index (χ0v) is 10.2. The minimum Gasteiger partial charge on any atom is -0.508 e. The summed E-state index contributed by atoms with van der Waals surface area (Å²) in [6.45, 7) is 3.51. The fourth-order valence-corrected chi connectivity index (χ4v) is 1.72. The molecule has 0 fully saturated rings. The van der Waals surface area contributed by atoms with E-state index < -0.39 is 11.5 Å². The highest BCUT2D eigenvalue weighted by atomic mass is 16.4. The molecule has 0 bridgehead atoms. The number of carboxylic acid groups (broad SMARTS) is 1. The van der Waals surface area contributed by atoms with Gasteiger partial charge in [0.25, 0.3) is 0 Å². The van der Waals surface area contributed by atoms with E-state index in [1.165, 1.54) is 6.92 Å². The van der Waals surface area contributed by atoms with Crippen molar-refractivity contribution in [2.24, 2.45) is 5.73 Å². The Labute approximate surface area is 101 Å². The van der Waals surface area contributed by atoms with E-state index >= 15 is 0 Å². The molecule has 0 heterocycles. The summed E-state index contributed by atoms with van der Waals surface area (Å²) >= 11 is 0. The Balaban J connectivity index is 2.93. The summed E-state index contributed by atoms with van der Waals surface area (Å²) in [5.41, 5.74) is 6.09. The maximum absolute atomic E-state index is 10.9. The zero-order chi connectivity index (χ0) is 13.1. The van der Waals surface area contributed by atoms with Crippen molar-refractivity contribution in [3.8, 4) is 5.75 Å². The topological polar surface area (TPSA) is 83.6 Å². The van der Waals surface area contributed by atoms with Crippen molar-refractivity contribution in [1.82, 2.24) is 0 Å². The quantitative estimate of drug-likeness (QED) is 0.727. The molecule has 0 unspecified atom stereocenters. The van der Waals surface area contributed by atoms with Crippen molar-refractivity contribution < 1.29 is 15.0 Å². The van der Waals surface area contributed by atoms with Crippen LogP contribution in [0.1, 0.15) is 31.4 Å². The first-order chi connectivity index (χ1) is 7.86. The Morgan fingerprint density at radius 3 is 2.65 bits per heavy atom. The molecule has 0 saturated carbocycles. The van der Waals surface area contributed by atoms with Gasteiger partial charge in [0.2, 0.25) is 0 Å². The van der Waals surface area contributed by atoms with Gasteiger partial charge in [-0.15, -0.1) is 0 Å². The highest BCUT2D eigenvalue weighted by Crippen LogP contribution is 2.22. The molecule has 4 nitrogen and oxygen atoms in total. The van der Waals surface area contributed by atoms with Crippen LogP contribution >= 0.6 is 0 Å². The van der Waals surface area contributed by atoms with Gasteiger partial charge in [0.1, 0.15) is 11.3 Å². The third kappa shape index (κ3) is 3.46. The van der Waals surface area contributed by atoms with E-state index in [0.717, 1.165) is 24.0 Å². The van der Waals surface area contributed by atoms with Crippen molar-refractivity contribution in [1.29, 1.82) is 0 Å². The number of hydrogen-bond donors (Lipinski definition) is 3. The van der Waals surface area contributed by atoms with E-state index in [4.69, 9.17) is 10.8 Å². The second-order valence-corrected chi connectivity index (χ2v) is 4.61. The number of aromatic hydroxyl groups is 1. The number of carbonyl (C=O) groups is 1. The first kappa shape index (κ1) is 13.5. The van der Waals surface area contributed by atoms with Gasteiger partial charge in [-0.2, -0.15) is 0 Å². The number of phenolic OH excluding ortho intramolecular Hbond substituents is 1. The lowest BCUT2D eigenvalue weighted by atomic mass is 9.92. The first-order valence-corrected chi connectivity index (χ1v) is 5.70. The van der Waals surface area contributed by atoms with Crippen LogP contribution in [0.25, 0.3) is 0 Å². The molecule has 1 aromatic rings. The second kappa shape index (κ2) is 5.19.